The highest BCUT2D eigenvalue weighted by atomic mass is 15.2. The molecule has 0 bridgehead atoms. The molecule has 0 fully saturated rings. The summed E-state index contributed by atoms with van der Waals surface area (Å²) in [7, 11) is 0. The van der Waals surface area contributed by atoms with E-state index in [1.807, 2.05) is 6.20 Å². The van der Waals surface area contributed by atoms with Crippen molar-refractivity contribution in [2.24, 2.45) is 0 Å². The van der Waals surface area contributed by atoms with Crippen LogP contribution in [0.5, 0.6) is 0 Å². The Bertz CT molecular complexity index is 1060. The summed E-state index contributed by atoms with van der Waals surface area (Å²) in [4.78, 5) is 7.06. The van der Waals surface area contributed by atoms with E-state index in [4.69, 9.17) is 4.98 Å². The van der Waals surface area contributed by atoms with Gasteiger partial charge in [0.15, 0.2) is 0 Å². The molecule has 0 radical (unpaired) electrons. The van der Waals surface area contributed by atoms with Crippen LogP contribution in [0, 0.1) is 6.92 Å². The molecule has 1 aliphatic rings. The molecule has 0 amide bonds. The first kappa shape index (κ1) is 13.3. The smallest absolute Gasteiger partial charge is 0.0822 e. The molecule has 0 atom stereocenters. The Hall–Kier alpha value is -3.13. The molecule has 2 nitrogen and oxygen atoms in total. The van der Waals surface area contributed by atoms with Gasteiger partial charge in [-0.25, -0.2) is 0 Å². The molecular weight excluding hydrogens is 292 g/mol. The van der Waals surface area contributed by atoms with Gasteiger partial charge in [-0.15, -0.1) is 0 Å². The van der Waals surface area contributed by atoms with Gasteiger partial charge >= 0.3 is 0 Å². The first-order chi connectivity index (χ1) is 11.8. The van der Waals surface area contributed by atoms with Crippen LogP contribution < -0.4 is 4.90 Å². The van der Waals surface area contributed by atoms with E-state index in [0.717, 1.165) is 5.69 Å². The zero-order valence-corrected chi connectivity index (χ0v) is 13.4. The summed E-state index contributed by atoms with van der Waals surface area (Å²) < 4.78 is 0. The summed E-state index contributed by atoms with van der Waals surface area (Å²) in [6, 6.07) is 25.7. The minimum Gasteiger partial charge on any atom is -0.309 e. The minimum atomic E-state index is 1.08. The summed E-state index contributed by atoms with van der Waals surface area (Å²) >= 11 is 0. The lowest BCUT2D eigenvalue weighted by atomic mass is 9.94. The molecule has 1 aliphatic heterocycles. The third kappa shape index (κ3) is 1.80. The Kier molecular flexibility index (Phi) is 2.74. The van der Waals surface area contributed by atoms with E-state index in [1.165, 1.54) is 39.0 Å². The van der Waals surface area contributed by atoms with E-state index >= 15 is 0 Å². The largest absolute Gasteiger partial charge is 0.309 e. The number of nitrogens with zero attached hydrogens (tertiary/aromatic N) is 2. The quantitative estimate of drug-likeness (QED) is 0.378. The van der Waals surface area contributed by atoms with Crippen molar-refractivity contribution in [3.05, 3.63) is 84.6 Å². The van der Waals surface area contributed by atoms with Crippen LogP contribution in [0.15, 0.2) is 79.0 Å². The molecule has 0 saturated heterocycles. The standard InChI is InChI=1S/C22H16N2/c1-15-10-11-19-18(14-15)22-21-16(12-13-23-22)6-5-9-20(21)24(19)17-7-3-2-4-8-17/h2-14H,1H3. The monoisotopic (exact) mass is 308 g/mol. The van der Waals surface area contributed by atoms with Gasteiger partial charge in [-0.2, -0.15) is 0 Å². The van der Waals surface area contributed by atoms with Gasteiger partial charge in [0.1, 0.15) is 0 Å². The maximum absolute atomic E-state index is 4.72. The van der Waals surface area contributed by atoms with Gasteiger partial charge < -0.3 is 4.90 Å². The van der Waals surface area contributed by atoms with Crippen molar-refractivity contribution in [2.75, 3.05) is 4.90 Å². The van der Waals surface area contributed by atoms with Crippen molar-refractivity contribution in [1.82, 2.24) is 4.98 Å². The van der Waals surface area contributed by atoms with E-state index in [2.05, 4.69) is 84.6 Å². The zero-order chi connectivity index (χ0) is 16.1. The second-order valence-corrected chi connectivity index (χ2v) is 6.23. The van der Waals surface area contributed by atoms with E-state index in [0.29, 0.717) is 0 Å². The Morgan fingerprint density at radius 1 is 0.792 bits per heavy atom. The van der Waals surface area contributed by atoms with E-state index < -0.39 is 0 Å². The van der Waals surface area contributed by atoms with Crippen LogP contribution >= 0.6 is 0 Å². The van der Waals surface area contributed by atoms with Crippen LogP contribution in [0.3, 0.4) is 0 Å². The highest BCUT2D eigenvalue weighted by Crippen LogP contribution is 2.49. The molecule has 0 aliphatic carbocycles. The predicted molar refractivity (Wildman–Crippen MR) is 100 cm³/mol. The van der Waals surface area contributed by atoms with Gasteiger partial charge in [0.25, 0.3) is 0 Å². The predicted octanol–water partition coefficient (Wildman–Crippen LogP) is 5.99. The molecule has 2 heteroatoms. The Morgan fingerprint density at radius 2 is 1.67 bits per heavy atom. The zero-order valence-electron chi connectivity index (χ0n) is 13.4. The lowest BCUT2D eigenvalue weighted by Crippen LogP contribution is -2.15. The van der Waals surface area contributed by atoms with Crippen molar-refractivity contribution in [1.29, 1.82) is 0 Å². The molecule has 0 unspecified atom stereocenters. The third-order valence-electron chi connectivity index (χ3n) is 4.67. The molecule has 0 saturated carbocycles. The lowest BCUT2D eigenvalue weighted by molar-refractivity contribution is 1.24. The molecular formula is C22H16N2. The number of pyridine rings is 1. The Morgan fingerprint density at radius 3 is 2.54 bits per heavy atom. The van der Waals surface area contributed by atoms with Crippen LogP contribution in [0.4, 0.5) is 17.1 Å². The number of aryl methyl sites for hydroxylation is 1. The molecule has 1 aromatic heterocycles. The first-order valence-corrected chi connectivity index (χ1v) is 8.17. The molecule has 114 valence electrons. The van der Waals surface area contributed by atoms with Crippen molar-refractivity contribution in [2.45, 2.75) is 6.92 Å². The summed E-state index contributed by atoms with van der Waals surface area (Å²) in [5, 5.41) is 2.45. The third-order valence-corrected chi connectivity index (χ3v) is 4.67. The fourth-order valence-corrected chi connectivity index (χ4v) is 3.62. The number of para-hydroxylation sites is 1. The SMILES string of the molecule is Cc1ccc2c(c1)-c1nccc3cccc(c13)N2c1ccccc1. The molecule has 0 N–H and O–H groups in total. The van der Waals surface area contributed by atoms with Crippen molar-refractivity contribution < 1.29 is 0 Å². The molecule has 2 heterocycles. The number of hydrogen-bond donors (Lipinski definition) is 0. The van der Waals surface area contributed by atoms with Gasteiger partial charge in [0.05, 0.1) is 17.1 Å². The number of aromatic nitrogens is 1. The number of hydrogen-bond acceptors (Lipinski definition) is 2. The summed E-state index contributed by atoms with van der Waals surface area (Å²) in [5.74, 6) is 0. The van der Waals surface area contributed by atoms with Crippen molar-refractivity contribution in [3.8, 4) is 11.3 Å². The van der Waals surface area contributed by atoms with Crippen LogP contribution in [-0.4, -0.2) is 4.98 Å². The molecule has 0 spiro atoms. The van der Waals surface area contributed by atoms with Gasteiger partial charge in [-0.05, 0) is 48.7 Å². The van der Waals surface area contributed by atoms with Gasteiger partial charge in [0.2, 0.25) is 0 Å². The van der Waals surface area contributed by atoms with E-state index in [9.17, 15) is 0 Å². The maximum Gasteiger partial charge on any atom is 0.0822 e. The fourth-order valence-electron chi connectivity index (χ4n) is 3.62. The van der Waals surface area contributed by atoms with Gasteiger partial charge in [0, 0.05) is 22.8 Å². The highest BCUT2D eigenvalue weighted by Gasteiger charge is 2.26. The fraction of sp³-hybridized carbons (Fsp3) is 0.0455. The first-order valence-electron chi connectivity index (χ1n) is 8.17. The van der Waals surface area contributed by atoms with Crippen LogP contribution in [0.1, 0.15) is 5.56 Å². The second-order valence-electron chi connectivity index (χ2n) is 6.23. The summed E-state index contributed by atoms with van der Waals surface area (Å²) in [5.41, 5.74) is 7.07. The van der Waals surface area contributed by atoms with Crippen LogP contribution in [-0.2, 0) is 0 Å². The van der Waals surface area contributed by atoms with Crippen LogP contribution in [0.25, 0.3) is 22.0 Å². The second kappa shape index (κ2) is 4.93. The summed E-state index contributed by atoms with van der Waals surface area (Å²) in [6.07, 6.45) is 1.91. The van der Waals surface area contributed by atoms with Gasteiger partial charge in [-0.1, -0.05) is 42.0 Å². The van der Waals surface area contributed by atoms with E-state index in [-0.39, 0.29) is 0 Å². The molecule has 3 aromatic carbocycles. The Balaban J connectivity index is 1.95. The van der Waals surface area contributed by atoms with Crippen molar-refractivity contribution >= 4 is 27.8 Å². The highest BCUT2D eigenvalue weighted by molar-refractivity contribution is 6.12. The number of benzene rings is 3. The number of fused-ring (bicyclic) bond motifs is 2. The lowest BCUT2D eigenvalue weighted by Gasteiger charge is -2.33. The molecule has 4 aromatic rings. The Labute approximate surface area is 141 Å². The summed E-state index contributed by atoms with van der Waals surface area (Å²) in [6.45, 7) is 2.13. The normalized spacial score (nSPS) is 12.3. The van der Waals surface area contributed by atoms with Gasteiger partial charge in [-0.3, -0.25) is 4.98 Å². The average Bonchev–Trinajstić information content (AvgIpc) is 2.63. The average molecular weight is 308 g/mol. The van der Waals surface area contributed by atoms with Crippen LogP contribution in [0.2, 0.25) is 0 Å². The van der Waals surface area contributed by atoms with E-state index in [1.54, 1.807) is 0 Å². The van der Waals surface area contributed by atoms with Crippen molar-refractivity contribution in [3.63, 3.8) is 0 Å². The minimum absolute atomic E-state index is 1.08. The molecule has 24 heavy (non-hydrogen) atoms. The maximum atomic E-state index is 4.72. The number of rotatable bonds is 1. The number of anilines is 3. The topological polar surface area (TPSA) is 16.1 Å². The molecule has 5 rings (SSSR count).